The Balaban J connectivity index is 1.86. The molecule has 2 aliphatic heterocycles. The van der Waals surface area contributed by atoms with Crippen molar-refractivity contribution in [3.05, 3.63) is 29.3 Å². The van der Waals surface area contributed by atoms with Gasteiger partial charge in [-0.25, -0.2) is 0 Å². The first-order valence-electron chi connectivity index (χ1n) is 6.53. The lowest BCUT2D eigenvalue weighted by atomic mass is 9.94. The number of nitrogens with one attached hydrogen (secondary N) is 1. The molecule has 0 aromatic heterocycles. The Kier molecular flexibility index (Phi) is 3.04. The van der Waals surface area contributed by atoms with Crippen molar-refractivity contribution in [2.45, 2.75) is 19.4 Å². The summed E-state index contributed by atoms with van der Waals surface area (Å²) in [5, 5.41) is 3.50. The summed E-state index contributed by atoms with van der Waals surface area (Å²) in [4.78, 5) is 2.43. The Bertz CT molecular complexity index is 399. The molecule has 0 spiro atoms. The molecule has 0 bridgehead atoms. The smallest absolute Gasteiger partial charge is 0.0642 e. The number of morpholine rings is 1. The normalized spacial score (nSPS) is 24.5. The summed E-state index contributed by atoms with van der Waals surface area (Å²) in [5.41, 5.74) is 4.34. The summed E-state index contributed by atoms with van der Waals surface area (Å²) in [6, 6.07) is 7.42. The lowest BCUT2D eigenvalue weighted by molar-refractivity contribution is 0.122. The molecule has 1 atom stereocenters. The van der Waals surface area contributed by atoms with Gasteiger partial charge in [-0.05, 0) is 43.1 Å². The molecule has 17 heavy (non-hydrogen) atoms. The third-order valence-corrected chi connectivity index (χ3v) is 3.81. The second-order valence-electron chi connectivity index (χ2n) is 4.91. The van der Waals surface area contributed by atoms with E-state index in [-0.39, 0.29) is 0 Å². The fraction of sp³-hybridized carbons (Fsp3) is 0.571. The van der Waals surface area contributed by atoms with Crippen LogP contribution in [0.25, 0.3) is 0 Å². The van der Waals surface area contributed by atoms with E-state index in [9.17, 15) is 0 Å². The molecule has 2 aliphatic rings. The van der Waals surface area contributed by atoms with E-state index >= 15 is 0 Å². The average Bonchev–Trinajstić information content (AvgIpc) is 2.40. The van der Waals surface area contributed by atoms with Crippen LogP contribution >= 0.6 is 0 Å². The van der Waals surface area contributed by atoms with E-state index in [1.54, 1.807) is 0 Å². The molecule has 2 heterocycles. The zero-order chi connectivity index (χ0) is 11.7. The zero-order valence-electron chi connectivity index (χ0n) is 10.4. The van der Waals surface area contributed by atoms with Crippen LogP contribution in [0.3, 0.4) is 0 Å². The fourth-order valence-electron chi connectivity index (χ4n) is 2.78. The standard InChI is InChI=1S/C14H20N2O/c1-11-14-3-2-13(10-12(14)4-5-15-11)16-6-8-17-9-7-16/h2-3,10-11,15H,4-9H2,1H3. The molecule has 3 rings (SSSR count). The quantitative estimate of drug-likeness (QED) is 0.798. The highest BCUT2D eigenvalue weighted by Gasteiger charge is 2.18. The van der Waals surface area contributed by atoms with Crippen LogP contribution < -0.4 is 10.2 Å². The average molecular weight is 232 g/mol. The van der Waals surface area contributed by atoms with Gasteiger partial charge in [-0.2, -0.15) is 0 Å². The number of fused-ring (bicyclic) bond motifs is 1. The number of nitrogens with zero attached hydrogens (tertiary/aromatic N) is 1. The van der Waals surface area contributed by atoms with Gasteiger partial charge in [0.15, 0.2) is 0 Å². The van der Waals surface area contributed by atoms with Gasteiger partial charge in [0.1, 0.15) is 0 Å². The van der Waals surface area contributed by atoms with Gasteiger partial charge in [0.05, 0.1) is 13.2 Å². The van der Waals surface area contributed by atoms with Gasteiger partial charge in [-0.3, -0.25) is 0 Å². The van der Waals surface area contributed by atoms with Crippen molar-refractivity contribution in [2.24, 2.45) is 0 Å². The largest absolute Gasteiger partial charge is 0.378 e. The minimum atomic E-state index is 0.498. The van der Waals surface area contributed by atoms with Crippen LogP contribution in [0.4, 0.5) is 5.69 Å². The van der Waals surface area contributed by atoms with Crippen molar-refractivity contribution < 1.29 is 4.74 Å². The van der Waals surface area contributed by atoms with Gasteiger partial charge in [0.25, 0.3) is 0 Å². The first-order valence-corrected chi connectivity index (χ1v) is 6.53. The first kappa shape index (κ1) is 11.1. The first-order chi connectivity index (χ1) is 8.34. The van der Waals surface area contributed by atoms with Crippen molar-refractivity contribution in [3.8, 4) is 0 Å². The maximum atomic E-state index is 5.40. The van der Waals surface area contributed by atoms with E-state index in [1.165, 1.54) is 16.8 Å². The highest BCUT2D eigenvalue weighted by atomic mass is 16.5. The molecule has 3 nitrogen and oxygen atoms in total. The molecule has 1 saturated heterocycles. The molecule has 0 saturated carbocycles. The molecule has 0 amide bonds. The molecule has 0 radical (unpaired) electrons. The monoisotopic (exact) mass is 232 g/mol. The number of anilines is 1. The lowest BCUT2D eigenvalue weighted by Crippen LogP contribution is -2.36. The van der Waals surface area contributed by atoms with Gasteiger partial charge in [-0.1, -0.05) is 6.07 Å². The Hall–Kier alpha value is -1.06. The van der Waals surface area contributed by atoms with Crippen molar-refractivity contribution in [3.63, 3.8) is 0 Å². The van der Waals surface area contributed by atoms with Crippen molar-refractivity contribution in [1.29, 1.82) is 0 Å². The highest BCUT2D eigenvalue weighted by molar-refractivity contribution is 5.52. The number of hydrogen-bond donors (Lipinski definition) is 1. The van der Waals surface area contributed by atoms with Crippen molar-refractivity contribution >= 4 is 5.69 Å². The van der Waals surface area contributed by atoms with Crippen molar-refractivity contribution in [1.82, 2.24) is 5.32 Å². The summed E-state index contributed by atoms with van der Waals surface area (Å²) < 4.78 is 5.40. The molecule has 1 N–H and O–H groups in total. The lowest BCUT2D eigenvalue weighted by Gasteiger charge is -2.31. The number of rotatable bonds is 1. The highest BCUT2D eigenvalue weighted by Crippen LogP contribution is 2.27. The molecule has 1 unspecified atom stereocenters. The Morgan fingerprint density at radius 3 is 2.94 bits per heavy atom. The van der Waals surface area contributed by atoms with Crippen LogP contribution in [0.15, 0.2) is 18.2 Å². The van der Waals surface area contributed by atoms with E-state index < -0.39 is 0 Å². The molecule has 1 fully saturated rings. The fourth-order valence-corrected chi connectivity index (χ4v) is 2.78. The topological polar surface area (TPSA) is 24.5 Å². The van der Waals surface area contributed by atoms with Crippen LogP contribution in [0.5, 0.6) is 0 Å². The molecular formula is C14H20N2O. The van der Waals surface area contributed by atoms with Gasteiger partial charge in [-0.15, -0.1) is 0 Å². The number of ether oxygens (including phenoxy) is 1. The Morgan fingerprint density at radius 1 is 1.29 bits per heavy atom. The second kappa shape index (κ2) is 4.67. The van der Waals surface area contributed by atoms with Gasteiger partial charge in [0, 0.05) is 24.8 Å². The SMILES string of the molecule is CC1NCCc2cc(N3CCOCC3)ccc21. The molecule has 92 valence electrons. The van der Waals surface area contributed by atoms with E-state index in [2.05, 4.69) is 35.3 Å². The van der Waals surface area contributed by atoms with Gasteiger partial charge < -0.3 is 15.0 Å². The predicted molar refractivity (Wildman–Crippen MR) is 69.6 cm³/mol. The Morgan fingerprint density at radius 2 is 2.12 bits per heavy atom. The van der Waals surface area contributed by atoms with Gasteiger partial charge >= 0.3 is 0 Å². The van der Waals surface area contributed by atoms with E-state index in [0.717, 1.165) is 39.3 Å². The summed E-state index contributed by atoms with van der Waals surface area (Å²) in [6.07, 6.45) is 1.15. The van der Waals surface area contributed by atoms with E-state index in [0.29, 0.717) is 6.04 Å². The maximum absolute atomic E-state index is 5.40. The molecule has 3 heteroatoms. The number of hydrogen-bond acceptors (Lipinski definition) is 3. The third kappa shape index (κ3) is 2.17. The van der Waals surface area contributed by atoms with E-state index in [1.807, 2.05) is 0 Å². The van der Waals surface area contributed by atoms with Crippen LogP contribution in [-0.4, -0.2) is 32.8 Å². The second-order valence-corrected chi connectivity index (χ2v) is 4.91. The summed E-state index contributed by atoms with van der Waals surface area (Å²) in [5.74, 6) is 0. The van der Waals surface area contributed by atoms with Crippen molar-refractivity contribution in [2.75, 3.05) is 37.7 Å². The minimum absolute atomic E-state index is 0.498. The van der Waals surface area contributed by atoms with Gasteiger partial charge in [0.2, 0.25) is 0 Å². The summed E-state index contributed by atoms with van der Waals surface area (Å²) >= 11 is 0. The maximum Gasteiger partial charge on any atom is 0.0642 e. The van der Waals surface area contributed by atoms with Crippen LogP contribution in [0.2, 0.25) is 0 Å². The van der Waals surface area contributed by atoms with Crippen LogP contribution in [0, 0.1) is 0 Å². The zero-order valence-corrected chi connectivity index (χ0v) is 10.4. The molecule has 1 aromatic rings. The minimum Gasteiger partial charge on any atom is -0.378 e. The summed E-state index contributed by atoms with van der Waals surface area (Å²) in [6.45, 7) is 7.09. The van der Waals surface area contributed by atoms with Crippen LogP contribution in [0.1, 0.15) is 24.1 Å². The van der Waals surface area contributed by atoms with E-state index in [4.69, 9.17) is 4.74 Å². The van der Waals surface area contributed by atoms with Crippen LogP contribution in [-0.2, 0) is 11.2 Å². The predicted octanol–water partition coefficient (Wildman–Crippen LogP) is 1.73. The molecular weight excluding hydrogens is 212 g/mol. The molecule has 1 aromatic carbocycles. The summed E-state index contributed by atoms with van der Waals surface area (Å²) in [7, 11) is 0. The Labute approximate surface area is 103 Å². The molecule has 0 aliphatic carbocycles. The third-order valence-electron chi connectivity index (χ3n) is 3.81. The number of benzene rings is 1.